The first-order valence-electron chi connectivity index (χ1n) is 10.6. The summed E-state index contributed by atoms with van der Waals surface area (Å²) in [5, 5.41) is 2.65. The first kappa shape index (κ1) is 24.4. The molecular weight excluding hydrogens is 449 g/mol. The van der Waals surface area contributed by atoms with Gasteiger partial charge in [0.15, 0.2) is 0 Å². The van der Waals surface area contributed by atoms with Crippen molar-refractivity contribution in [3.63, 3.8) is 0 Å². The normalized spacial score (nSPS) is 15.1. The van der Waals surface area contributed by atoms with Crippen molar-refractivity contribution in [2.75, 3.05) is 13.1 Å². The number of hydrogen-bond acceptors (Lipinski definition) is 5. The van der Waals surface area contributed by atoms with E-state index in [0.717, 1.165) is 4.31 Å². The zero-order valence-corrected chi connectivity index (χ0v) is 19.3. The van der Waals surface area contributed by atoms with E-state index in [4.69, 9.17) is 0 Å². The van der Waals surface area contributed by atoms with Gasteiger partial charge < -0.3 is 10.2 Å². The van der Waals surface area contributed by atoms with E-state index >= 15 is 0 Å². The summed E-state index contributed by atoms with van der Waals surface area (Å²) in [4.78, 5) is 39.1. The Hall–Kier alpha value is -3.27. The van der Waals surface area contributed by atoms with Gasteiger partial charge in [0.05, 0.1) is 5.56 Å². The van der Waals surface area contributed by atoms with Gasteiger partial charge in [0.1, 0.15) is 16.8 Å². The lowest BCUT2D eigenvalue weighted by Gasteiger charge is -2.29. The van der Waals surface area contributed by atoms with Crippen molar-refractivity contribution in [2.24, 2.45) is 0 Å². The molecule has 33 heavy (non-hydrogen) atoms. The maximum Gasteiger partial charge on any atom is 0.269 e. The van der Waals surface area contributed by atoms with E-state index in [1.165, 1.54) is 35.2 Å². The van der Waals surface area contributed by atoms with Crippen LogP contribution >= 0.6 is 0 Å². The number of benzene rings is 2. The first-order chi connectivity index (χ1) is 15.7. The minimum Gasteiger partial charge on any atom is -0.355 e. The van der Waals surface area contributed by atoms with Gasteiger partial charge in [-0.1, -0.05) is 30.3 Å². The average molecular weight is 476 g/mol. The van der Waals surface area contributed by atoms with Gasteiger partial charge >= 0.3 is 0 Å². The molecule has 176 valence electrons. The minimum absolute atomic E-state index is 0.0487. The smallest absolute Gasteiger partial charge is 0.269 e. The molecule has 0 unspecified atom stereocenters. The Morgan fingerprint density at radius 2 is 1.79 bits per heavy atom. The Labute approximate surface area is 192 Å². The zero-order chi connectivity index (χ0) is 24.2. The van der Waals surface area contributed by atoms with E-state index in [9.17, 15) is 27.2 Å². The Bertz CT molecular complexity index is 1170. The standard InChI is InChI=1S/C23H26FN3O5S/c1-3-25-22(29)16(2)26(15-17-9-4-6-11-19(17)24)21(28)13-8-14-27-23(30)18-10-5-7-12-20(18)33(27,31)32/h4-7,9-12,16H,3,8,13-15H2,1-2H3,(H,25,29)/t16-/m1/s1. The van der Waals surface area contributed by atoms with Crippen LogP contribution in [-0.2, 0) is 26.2 Å². The Morgan fingerprint density at radius 1 is 1.12 bits per heavy atom. The minimum atomic E-state index is -3.96. The Morgan fingerprint density at radius 3 is 2.45 bits per heavy atom. The molecule has 1 atom stereocenters. The molecule has 0 aliphatic carbocycles. The predicted octanol–water partition coefficient (Wildman–Crippen LogP) is 2.30. The summed E-state index contributed by atoms with van der Waals surface area (Å²) < 4.78 is 40.3. The second-order valence-corrected chi connectivity index (χ2v) is 9.50. The number of amides is 3. The highest BCUT2D eigenvalue weighted by molar-refractivity contribution is 7.90. The summed E-state index contributed by atoms with van der Waals surface area (Å²) >= 11 is 0. The summed E-state index contributed by atoms with van der Waals surface area (Å²) in [5.74, 6) is -1.95. The van der Waals surface area contributed by atoms with Crippen molar-refractivity contribution >= 4 is 27.7 Å². The third-order valence-corrected chi connectivity index (χ3v) is 7.32. The summed E-state index contributed by atoms with van der Waals surface area (Å²) in [6.07, 6.45) is -0.0540. The predicted molar refractivity (Wildman–Crippen MR) is 119 cm³/mol. The number of carbonyl (C=O) groups is 3. The van der Waals surface area contributed by atoms with Gasteiger partial charge in [-0.3, -0.25) is 14.4 Å². The van der Waals surface area contributed by atoms with Crippen LogP contribution in [0.4, 0.5) is 4.39 Å². The quantitative estimate of drug-likeness (QED) is 0.599. The molecule has 0 bridgehead atoms. The van der Waals surface area contributed by atoms with Gasteiger partial charge in [-0.15, -0.1) is 0 Å². The molecular formula is C23H26FN3O5S. The molecule has 2 aromatic rings. The van der Waals surface area contributed by atoms with Crippen molar-refractivity contribution < 1.29 is 27.2 Å². The van der Waals surface area contributed by atoms with Gasteiger partial charge in [0.2, 0.25) is 11.8 Å². The largest absolute Gasteiger partial charge is 0.355 e. The number of nitrogens with one attached hydrogen (secondary N) is 1. The molecule has 3 rings (SSSR count). The molecule has 8 nitrogen and oxygen atoms in total. The van der Waals surface area contributed by atoms with Crippen molar-refractivity contribution in [2.45, 2.75) is 44.2 Å². The third kappa shape index (κ3) is 5.05. The molecule has 1 heterocycles. The highest BCUT2D eigenvalue weighted by Gasteiger charge is 2.40. The molecule has 0 radical (unpaired) electrons. The van der Waals surface area contributed by atoms with Crippen molar-refractivity contribution in [1.29, 1.82) is 0 Å². The fraction of sp³-hybridized carbons (Fsp3) is 0.348. The number of carbonyl (C=O) groups excluding carboxylic acids is 3. The number of halogens is 1. The van der Waals surface area contributed by atoms with E-state index in [2.05, 4.69) is 5.32 Å². The molecule has 1 aliphatic heterocycles. The van der Waals surface area contributed by atoms with Gasteiger partial charge in [0, 0.05) is 31.6 Å². The van der Waals surface area contributed by atoms with Crippen molar-refractivity contribution in [1.82, 2.24) is 14.5 Å². The topological polar surface area (TPSA) is 104 Å². The summed E-state index contributed by atoms with van der Waals surface area (Å²) in [7, 11) is -3.96. The third-order valence-electron chi connectivity index (χ3n) is 5.48. The van der Waals surface area contributed by atoms with Crippen LogP contribution < -0.4 is 5.32 Å². The van der Waals surface area contributed by atoms with E-state index in [1.807, 2.05) is 0 Å². The van der Waals surface area contributed by atoms with Gasteiger partial charge in [-0.2, -0.15) is 0 Å². The Kier molecular flexibility index (Phi) is 7.47. The average Bonchev–Trinajstić information content (AvgIpc) is 2.99. The number of fused-ring (bicyclic) bond motifs is 1. The molecule has 0 saturated carbocycles. The molecule has 10 heteroatoms. The van der Waals surface area contributed by atoms with Crippen LogP contribution in [0.3, 0.4) is 0 Å². The first-order valence-corrected chi connectivity index (χ1v) is 12.1. The Balaban J connectivity index is 1.71. The molecule has 0 saturated heterocycles. The van der Waals surface area contributed by atoms with E-state index in [0.29, 0.717) is 6.54 Å². The maximum absolute atomic E-state index is 14.2. The van der Waals surface area contributed by atoms with Crippen molar-refractivity contribution in [3.8, 4) is 0 Å². The fourth-order valence-corrected chi connectivity index (χ4v) is 5.29. The molecule has 1 N–H and O–H groups in total. The van der Waals surface area contributed by atoms with Crippen LogP contribution in [-0.4, -0.2) is 54.5 Å². The number of nitrogens with zero attached hydrogens (tertiary/aromatic N) is 2. The molecule has 1 aliphatic rings. The zero-order valence-electron chi connectivity index (χ0n) is 18.5. The van der Waals surface area contributed by atoms with Gasteiger partial charge in [-0.05, 0) is 38.5 Å². The summed E-state index contributed by atoms with van der Waals surface area (Å²) in [6.45, 7) is 3.38. The number of sulfonamides is 1. The van der Waals surface area contributed by atoms with E-state index in [1.54, 1.807) is 32.0 Å². The lowest BCUT2D eigenvalue weighted by atomic mass is 10.1. The van der Waals surface area contributed by atoms with Crippen LogP contribution in [0, 0.1) is 5.82 Å². The SMILES string of the molecule is CCNC(=O)[C@@H](C)N(Cc1ccccc1F)C(=O)CCCN1C(=O)c2ccccc2S1(=O)=O. The van der Waals surface area contributed by atoms with E-state index < -0.39 is 33.7 Å². The fourth-order valence-electron chi connectivity index (χ4n) is 3.68. The van der Waals surface area contributed by atoms with Crippen LogP contribution in [0.5, 0.6) is 0 Å². The number of likely N-dealkylation sites (N-methyl/N-ethyl adjacent to an activating group) is 1. The van der Waals surface area contributed by atoms with Crippen LogP contribution in [0.1, 0.15) is 42.6 Å². The van der Waals surface area contributed by atoms with Crippen molar-refractivity contribution in [3.05, 3.63) is 65.5 Å². The summed E-state index contributed by atoms with van der Waals surface area (Å²) in [6, 6.07) is 11.1. The lowest BCUT2D eigenvalue weighted by molar-refractivity contribution is -0.140. The van der Waals surface area contributed by atoms with Gasteiger partial charge in [-0.25, -0.2) is 17.1 Å². The number of rotatable bonds is 9. The van der Waals surface area contributed by atoms with Gasteiger partial charge in [0.25, 0.3) is 15.9 Å². The maximum atomic E-state index is 14.2. The number of hydrogen-bond donors (Lipinski definition) is 1. The van der Waals surface area contributed by atoms with Crippen LogP contribution in [0.2, 0.25) is 0 Å². The molecule has 0 aromatic heterocycles. The molecule has 2 aromatic carbocycles. The molecule has 0 fully saturated rings. The molecule has 3 amide bonds. The summed E-state index contributed by atoms with van der Waals surface area (Å²) in [5.41, 5.74) is 0.365. The monoisotopic (exact) mass is 475 g/mol. The molecule has 0 spiro atoms. The van der Waals surface area contributed by atoms with Crippen LogP contribution in [0.25, 0.3) is 0 Å². The highest BCUT2D eigenvalue weighted by Crippen LogP contribution is 2.30. The lowest BCUT2D eigenvalue weighted by Crippen LogP contribution is -2.47. The highest BCUT2D eigenvalue weighted by atomic mass is 32.2. The van der Waals surface area contributed by atoms with E-state index in [-0.39, 0.29) is 47.9 Å². The second-order valence-electron chi connectivity index (χ2n) is 7.67. The van der Waals surface area contributed by atoms with Crippen LogP contribution in [0.15, 0.2) is 53.4 Å². The second kappa shape index (κ2) is 10.1.